The van der Waals surface area contributed by atoms with E-state index in [4.69, 9.17) is 23.2 Å². The van der Waals surface area contributed by atoms with Crippen LogP contribution in [-0.4, -0.2) is 4.92 Å². The highest BCUT2D eigenvalue weighted by Crippen LogP contribution is 2.41. The predicted octanol–water partition coefficient (Wildman–Crippen LogP) is 5.97. The molecule has 0 heterocycles. The molecule has 4 nitrogen and oxygen atoms in total. The number of nitro groups is 1. The number of benzene rings is 2. The molecule has 2 rings (SSSR count). The van der Waals surface area contributed by atoms with Gasteiger partial charge in [0.15, 0.2) is 0 Å². The minimum absolute atomic E-state index is 0.154. The lowest BCUT2D eigenvalue weighted by Crippen LogP contribution is -2.08. The molecule has 0 fully saturated rings. The molecule has 0 unspecified atom stereocenters. The lowest BCUT2D eigenvalue weighted by Gasteiger charge is -2.14. The maximum absolute atomic E-state index is 12.8. The second-order valence-electron chi connectivity index (χ2n) is 4.64. The average Bonchev–Trinajstić information content (AvgIpc) is 2.42. The highest BCUT2D eigenvalue weighted by Gasteiger charge is 2.36. The molecule has 0 aliphatic heterocycles. The first-order chi connectivity index (χ1) is 10.6. The molecular formula is C14H9Cl2F3N2O2. The first-order valence-electron chi connectivity index (χ1n) is 6.18. The third-order valence-corrected chi connectivity index (χ3v) is 3.85. The maximum Gasteiger partial charge on any atom is 0.418 e. The van der Waals surface area contributed by atoms with E-state index < -0.39 is 27.4 Å². The molecule has 0 saturated heterocycles. The zero-order chi connectivity index (χ0) is 17.4. The van der Waals surface area contributed by atoms with E-state index in [1.807, 2.05) is 0 Å². The van der Waals surface area contributed by atoms with Crippen LogP contribution in [0.15, 0.2) is 30.3 Å². The summed E-state index contributed by atoms with van der Waals surface area (Å²) >= 11 is 11.6. The van der Waals surface area contributed by atoms with Gasteiger partial charge < -0.3 is 5.32 Å². The van der Waals surface area contributed by atoms with Crippen molar-refractivity contribution in [2.24, 2.45) is 0 Å². The molecule has 0 radical (unpaired) electrons. The summed E-state index contributed by atoms with van der Waals surface area (Å²) in [6.07, 6.45) is -4.79. The molecule has 0 bridgehead atoms. The molecule has 122 valence electrons. The predicted molar refractivity (Wildman–Crippen MR) is 82.6 cm³/mol. The number of nitro benzene ring substituents is 1. The molecule has 0 amide bonds. The number of hydrogen-bond acceptors (Lipinski definition) is 3. The van der Waals surface area contributed by atoms with E-state index >= 15 is 0 Å². The van der Waals surface area contributed by atoms with Crippen molar-refractivity contribution < 1.29 is 18.1 Å². The molecule has 23 heavy (non-hydrogen) atoms. The smallest absolute Gasteiger partial charge is 0.350 e. The number of hydrogen-bond donors (Lipinski definition) is 1. The molecule has 0 saturated carbocycles. The molecule has 0 aliphatic rings. The van der Waals surface area contributed by atoms with Crippen LogP contribution in [0.2, 0.25) is 10.0 Å². The van der Waals surface area contributed by atoms with E-state index in [1.165, 1.54) is 0 Å². The number of rotatable bonds is 3. The third-order valence-electron chi connectivity index (χ3n) is 3.12. The Morgan fingerprint density at radius 1 is 1.13 bits per heavy atom. The van der Waals surface area contributed by atoms with Crippen LogP contribution in [0.3, 0.4) is 0 Å². The van der Waals surface area contributed by atoms with Gasteiger partial charge in [-0.2, -0.15) is 13.2 Å². The van der Waals surface area contributed by atoms with Gasteiger partial charge in [-0.25, -0.2) is 0 Å². The van der Waals surface area contributed by atoms with Crippen LogP contribution in [0.5, 0.6) is 0 Å². The van der Waals surface area contributed by atoms with Crippen LogP contribution < -0.4 is 5.32 Å². The van der Waals surface area contributed by atoms with Gasteiger partial charge in [-0.1, -0.05) is 29.3 Å². The van der Waals surface area contributed by atoms with Gasteiger partial charge >= 0.3 is 6.18 Å². The Hall–Kier alpha value is -1.99. The second kappa shape index (κ2) is 6.25. The molecule has 2 aromatic rings. The van der Waals surface area contributed by atoms with Crippen molar-refractivity contribution in [1.29, 1.82) is 0 Å². The molecule has 2 aromatic carbocycles. The Morgan fingerprint density at radius 3 is 2.35 bits per heavy atom. The van der Waals surface area contributed by atoms with Gasteiger partial charge in [0.05, 0.1) is 15.5 Å². The van der Waals surface area contributed by atoms with E-state index in [1.54, 1.807) is 25.1 Å². The van der Waals surface area contributed by atoms with Crippen LogP contribution in [0.1, 0.15) is 11.1 Å². The summed E-state index contributed by atoms with van der Waals surface area (Å²) in [4.78, 5) is 10.2. The Kier molecular flexibility index (Phi) is 4.72. The number of nitrogens with zero attached hydrogens (tertiary/aromatic N) is 1. The molecule has 0 spiro atoms. The quantitative estimate of drug-likeness (QED) is 0.538. The van der Waals surface area contributed by atoms with E-state index in [9.17, 15) is 23.3 Å². The zero-order valence-electron chi connectivity index (χ0n) is 11.5. The summed E-state index contributed by atoms with van der Waals surface area (Å²) in [5, 5.41) is 13.6. The van der Waals surface area contributed by atoms with Gasteiger partial charge in [0.2, 0.25) is 0 Å². The Balaban J connectivity index is 2.56. The average molecular weight is 365 g/mol. The minimum Gasteiger partial charge on any atom is -0.350 e. The van der Waals surface area contributed by atoms with Crippen molar-refractivity contribution in [2.45, 2.75) is 13.1 Å². The van der Waals surface area contributed by atoms with Crippen molar-refractivity contribution in [3.8, 4) is 0 Å². The Morgan fingerprint density at radius 2 is 1.78 bits per heavy atom. The van der Waals surface area contributed by atoms with E-state index in [-0.39, 0.29) is 5.69 Å². The van der Waals surface area contributed by atoms with Crippen LogP contribution in [0.4, 0.5) is 30.2 Å². The number of nitrogens with one attached hydrogen (secondary N) is 1. The highest BCUT2D eigenvalue weighted by atomic mass is 35.5. The molecule has 1 N–H and O–H groups in total. The molecular weight excluding hydrogens is 356 g/mol. The van der Waals surface area contributed by atoms with Crippen molar-refractivity contribution in [3.63, 3.8) is 0 Å². The topological polar surface area (TPSA) is 55.2 Å². The van der Waals surface area contributed by atoms with E-state index in [2.05, 4.69) is 5.32 Å². The van der Waals surface area contributed by atoms with Gasteiger partial charge in [0.1, 0.15) is 5.69 Å². The molecule has 9 heteroatoms. The first-order valence-corrected chi connectivity index (χ1v) is 6.94. The largest absolute Gasteiger partial charge is 0.418 e. The monoisotopic (exact) mass is 364 g/mol. The fourth-order valence-corrected chi connectivity index (χ4v) is 2.36. The summed E-state index contributed by atoms with van der Waals surface area (Å²) in [5.74, 6) is 0. The number of alkyl halides is 3. The molecule has 0 aromatic heterocycles. The van der Waals surface area contributed by atoms with Crippen LogP contribution in [0.25, 0.3) is 0 Å². The van der Waals surface area contributed by atoms with Crippen molar-refractivity contribution in [3.05, 3.63) is 61.6 Å². The van der Waals surface area contributed by atoms with Crippen molar-refractivity contribution in [1.82, 2.24) is 0 Å². The fourth-order valence-electron chi connectivity index (χ4n) is 1.92. The Labute approximate surface area is 139 Å². The number of anilines is 2. The molecule has 0 atom stereocenters. The fraction of sp³-hybridized carbons (Fsp3) is 0.143. The van der Waals surface area contributed by atoms with Gasteiger partial charge in [-0.3, -0.25) is 10.1 Å². The van der Waals surface area contributed by atoms with Crippen LogP contribution in [-0.2, 0) is 6.18 Å². The lowest BCUT2D eigenvalue weighted by atomic mass is 10.1. The summed E-state index contributed by atoms with van der Waals surface area (Å²) in [6, 6.07) is 6.11. The lowest BCUT2D eigenvalue weighted by molar-refractivity contribution is -0.384. The minimum atomic E-state index is -4.79. The standard InChI is InChI=1S/C14H9Cl2F3N2O2/c1-7-9(15)3-2-4-11(7)20-12-6-10(16)8(14(17,18)19)5-13(12)21(22)23/h2-6,20H,1H3. The van der Waals surface area contributed by atoms with Crippen molar-refractivity contribution in [2.75, 3.05) is 5.32 Å². The Bertz CT molecular complexity index is 779. The van der Waals surface area contributed by atoms with Crippen molar-refractivity contribution >= 4 is 40.3 Å². The van der Waals surface area contributed by atoms with Gasteiger partial charge in [-0.15, -0.1) is 0 Å². The zero-order valence-corrected chi connectivity index (χ0v) is 13.1. The normalized spacial score (nSPS) is 11.4. The van der Waals surface area contributed by atoms with Gasteiger partial charge in [0.25, 0.3) is 5.69 Å². The van der Waals surface area contributed by atoms with Gasteiger partial charge in [0, 0.05) is 16.8 Å². The van der Waals surface area contributed by atoms with Crippen LogP contribution >= 0.6 is 23.2 Å². The first kappa shape index (κ1) is 17.4. The van der Waals surface area contributed by atoms with Gasteiger partial charge in [-0.05, 0) is 30.7 Å². The SMILES string of the molecule is Cc1c(Cl)cccc1Nc1cc(Cl)c(C(F)(F)F)cc1[N+](=O)[O-]. The van der Waals surface area contributed by atoms with E-state index in [0.717, 1.165) is 6.07 Å². The number of halogens is 5. The highest BCUT2D eigenvalue weighted by molar-refractivity contribution is 6.32. The van der Waals surface area contributed by atoms with E-state index in [0.29, 0.717) is 22.3 Å². The summed E-state index contributed by atoms with van der Waals surface area (Å²) < 4.78 is 38.5. The summed E-state index contributed by atoms with van der Waals surface area (Å²) in [7, 11) is 0. The summed E-state index contributed by atoms with van der Waals surface area (Å²) in [6.45, 7) is 1.67. The molecule has 0 aliphatic carbocycles. The van der Waals surface area contributed by atoms with Crippen LogP contribution in [0, 0.1) is 17.0 Å². The maximum atomic E-state index is 12.8. The second-order valence-corrected chi connectivity index (χ2v) is 5.46. The summed E-state index contributed by atoms with van der Waals surface area (Å²) in [5.41, 5.74) is -1.13. The third kappa shape index (κ3) is 3.68.